The molecule has 0 aromatic carbocycles. The van der Waals surface area contributed by atoms with Crippen LogP contribution in [0.3, 0.4) is 0 Å². The van der Waals surface area contributed by atoms with Gasteiger partial charge in [0.2, 0.25) is 5.91 Å². The largest absolute Gasteiger partial charge is 0.469 e. The monoisotopic (exact) mass is 313 g/mol. The van der Waals surface area contributed by atoms with Gasteiger partial charge < -0.3 is 15.4 Å². The van der Waals surface area contributed by atoms with Crippen LogP contribution in [0.25, 0.3) is 0 Å². The molecule has 1 amide bonds. The predicted octanol–water partition coefficient (Wildman–Crippen LogP) is 0.150. The maximum atomic E-state index is 12.6. The van der Waals surface area contributed by atoms with E-state index in [0.717, 1.165) is 32.4 Å². The molecule has 0 radical (unpaired) electrons. The maximum Gasteiger partial charge on any atom is 0.306 e. The second-order valence-corrected chi connectivity index (χ2v) is 6.20. The molecule has 2 N–H and O–H groups in total. The third-order valence-electron chi connectivity index (χ3n) is 4.61. The average molecular weight is 313 g/mol. The van der Waals surface area contributed by atoms with Gasteiger partial charge in [0.15, 0.2) is 0 Å². The normalized spacial score (nSPS) is 21.5. The third-order valence-corrected chi connectivity index (χ3v) is 5.00. The fraction of sp³-hybridized carbons (Fsp3) is 0.786. The molecule has 1 aliphatic carbocycles. The molecule has 2 fully saturated rings. The molecule has 1 saturated carbocycles. The zero-order valence-corrected chi connectivity index (χ0v) is 13.3. The number of methoxy groups -OCH3 is 1. The van der Waals surface area contributed by atoms with Crippen molar-refractivity contribution in [2.45, 2.75) is 25.7 Å². The molecule has 21 heavy (non-hydrogen) atoms. The maximum absolute atomic E-state index is 12.6. The van der Waals surface area contributed by atoms with Crippen molar-refractivity contribution in [3.8, 4) is 0 Å². The molecular formula is C14H23N3O3S. The molecule has 1 aliphatic heterocycles. The van der Waals surface area contributed by atoms with Crippen LogP contribution in [0.1, 0.15) is 25.7 Å². The highest BCUT2D eigenvalue weighted by atomic mass is 32.1. The van der Waals surface area contributed by atoms with Gasteiger partial charge in [0.1, 0.15) is 0 Å². The molecule has 1 heterocycles. The highest BCUT2D eigenvalue weighted by Gasteiger charge is 2.49. The Labute approximate surface area is 130 Å². The number of piperazine rings is 1. The molecule has 7 heteroatoms. The number of nitrogens with two attached hydrogens (primary N) is 1. The first-order valence-electron chi connectivity index (χ1n) is 7.38. The summed E-state index contributed by atoms with van der Waals surface area (Å²) in [6.07, 6.45) is 2.97. The minimum atomic E-state index is -0.580. The fourth-order valence-electron chi connectivity index (χ4n) is 2.92. The average Bonchev–Trinajstić information content (AvgIpc) is 2.43. The summed E-state index contributed by atoms with van der Waals surface area (Å²) >= 11 is 5.10. The van der Waals surface area contributed by atoms with Gasteiger partial charge in [0.25, 0.3) is 0 Å². The summed E-state index contributed by atoms with van der Waals surface area (Å²) in [4.78, 5) is 28.2. The Morgan fingerprint density at radius 1 is 1.24 bits per heavy atom. The van der Waals surface area contributed by atoms with Crippen LogP contribution in [-0.4, -0.2) is 66.5 Å². The van der Waals surface area contributed by atoms with Gasteiger partial charge in [-0.3, -0.25) is 14.5 Å². The van der Waals surface area contributed by atoms with Gasteiger partial charge in [-0.1, -0.05) is 18.6 Å². The number of carbonyl (C=O) groups excluding carboxylic acids is 2. The Kier molecular flexibility index (Phi) is 5.16. The molecule has 0 spiro atoms. The van der Waals surface area contributed by atoms with Crippen LogP contribution in [0.5, 0.6) is 0 Å². The summed E-state index contributed by atoms with van der Waals surface area (Å²) in [5.74, 6) is -0.107. The molecule has 6 nitrogen and oxygen atoms in total. The van der Waals surface area contributed by atoms with Crippen molar-refractivity contribution in [3.63, 3.8) is 0 Å². The number of esters is 1. The first-order valence-corrected chi connectivity index (χ1v) is 7.79. The second-order valence-electron chi connectivity index (χ2n) is 5.76. The van der Waals surface area contributed by atoms with Crippen molar-refractivity contribution in [3.05, 3.63) is 0 Å². The van der Waals surface area contributed by atoms with Crippen LogP contribution in [0, 0.1) is 5.41 Å². The SMILES string of the molecule is COC(=O)CCN1CCN(C(=O)C2(C(N)=S)CCC2)CC1. The van der Waals surface area contributed by atoms with Gasteiger partial charge >= 0.3 is 5.97 Å². The molecule has 0 bridgehead atoms. The van der Waals surface area contributed by atoms with Crippen LogP contribution in [0.15, 0.2) is 0 Å². The van der Waals surface area contributed by atoms with Crippen molar-refractivity contribution in [2.24, 2.45) is 11.1 Å². The second kappa shape index (κ2) is 6.70. The van der Waals surface area contributed by atoms with E-state index in [2.05, 4.69) is 9.64 Å². The number of rotatable bonds is 5. The zero-order chi connectivity index (χ0) is 15.5. The van der Waals surface area contributed by atoms with E-state index in [-0.39, 0.29) is 11.9 Å². The minimum Gasteiger partial charge on any atom is -0.469 e. The van der Waals surface area contributed by atoms with Crippen molar-refractivity contribution < 1.29 is 14.3 Å². The lowest BCUT2D eigenvalue weighted by Crippen LogP contribution is -2.58. The number of amides is 1. The Hall–Kier alpha value is -1.21. The lowest BCUT2D eigenvalue weighted by Gasteiger charge is -2.45. The standard InChI is InChI=1S/C14H23N3O3S/c1-20-11(18)3-6-16-7-9-17(10-8-16)13(19)14(12(15)21)4-2-5-14/h2-10H2,1H3,(H2,15,21). The molecule has 118 valence electrons. The van der Waals surface area contributed by atoms with Crippen molar-refractivity contribution >= 4 is 29.1 Å². The van der Waals surface area contributed by atoms with E-state index in [9.17, 15) is 9.59 Å². The lowest BCUT2D eigenvalue weighted by atomic mass is 9.67. The summed E-state index contributed by atoms with van der Waals surface area (Å²) in [5, 5.41) is 0. The lowest BCUT2D eigenvalue weighted by molar-refractivity contribution is -0.145. The summed E-state index contributed by atoms with van der Waals surface area (Å²) in [7, 11) is 1.40. The zero-order valence-electron chi connectivity index (χ0n) is 12.5. The van der Waals surface area contributed by atoms with E-state index < -0.39 is 5.41 Å². The van der Waals surface area contributed by atoms with Crippen LogP contribution >= 0.6 is 12.2 Å². The highest BCUT2D eigenvalue weighted by molar-refractivity contribution is 7.80. The van der Waals surface area contributed by atoms with Crippen LogP contribution in [-0.2, 0) is 14.3 Å². The number of carbonyl (C=O) groups is 2. The molecule has 0 unspecified atom stereocenters. The smallest absolute Gasteiger partial charge is 0.306 e. The Bertz CT molecular complexity index is 429. The molecule has 0 aromatic rings. The number of hydrogen-bond acceptors (Lipinski definition) is 5. The third kappa shape index (κ3) is 3.35. The van der Waals surface area contributed by atoms with E-state index >= 15 is 0 Å². The van der Waals surface area contributed by atoms with E-state index in [1.807, 2.05) is 4.90 Å². The van der Waals surface area contributed by atoms with Gasteiger partial charge in [-0.05, 0) is 12.8 Å². The van der Waals surface area contributed by atoms with Crippen LogP contribution in [0.4, 0.5) is 0 Å². The fourth-order valence-corrected chi connectivity index (χ4v) is 3.22. The minimum absolute atomic E-state index is 0.0915. The summed E-state index contributed by atoms with van der Waals surface area (Å²) in [6, 6.07) is 0. The summed E-state index contributed by atoms with van der Waals surface area (Å²) < 4.78 is 4.64. The number of ether oxygens (including phenoxy) is 1. The molecule has 0 atom stereocenters. The van der Waals surface area contributed by atoms with Crippen molar-refractivity contribution in [2.75, 3.05) is 39.8 Å². The van der Waals surface area contributed by atoms with E-state index in [1.54, 1.807) is 0 Å². The molecule has 1 saturated heterocycles. The molecule has 2 rings (SSSR count). The molecular weight excluding hydrogens is 290 g/mol. The number of thiocarbonyl (C=S) groups is 1. The topological polar surface area (TPSA) is 75.9 Å². The molecule has 0 aromatic heterocycles. The van der Waals surface area contributed by atoms with E-state index in [0.29, 0.717) is 31.0 Å². The van der Waals surface area contributed by atoms with Gasteiger partial charge in [-0.2, -0.15) is 0 Å². The first-order chi connectivity index (χ1) is 9.99. The summed E-state index contributed by atoms with van der Waals surface area (Å²) in [5.41, 5.74) is 5.21. The van der Waals surface area contributed by atoms with Gasteiger partial charge in [-0.15, -0.1) is 0 Å². The number of nitrogens with zero attached hydrogens (tertiary/aromatic N) is 2. The molecule has 2 aliphatic rings. The Balaban J connectivity index is 1.82. The van der Waals surface area contributed by atoms with Gasteiger partial charge in [0.05, 0.1) is 23.9 Å². The van der Waals surface area contributed by atoms with Gasteiger partial charge in [0, 0.05) is 32.7 Å². The van der Waals surface area contributed by atoms with Crippen molar-refractivity contribution in [1.82, 2.24) is 9.80 Å². The predicted molar refractivity (Wildman–Crippen MR) is 82.7 cm³/mol. The summed E-state index contributed by atoms with van der Waals surface area (Å²) in [6.45, 7) is 3.57. The quantitative estimate of drug-likeness (QED) is 0.575. The number of hydrogen-bond donors (Lipinski definition) is 1. The van der Waals surface area contributed by atoms with Crippen LogP contribution in [0.2, 0.25) is 0 Å². The van der Waals surface area contributed by atoms with E-state index in [4.69, 9.17) is 18.0 Å². The Morgan fingerprint density at radius 2 is 1.86 bits per heavy atom. The van der Waals surface area contributed by atoms with Crippen molar-refractivity contribution in [1.29, 1.82) is 0 Å². The highest BCUT2D eigenvalue weighted by Crippen LogP contribution is 2.43. The first kappa shape index (κ1) is 16.2. The van der Waals surface area contributed by atoms with Gasteiger partial charge in [-0.25, -0.2) is 0 Å². The van der Waals surface area contributed by atoms with E-state index in [1.165, 1.54) is 7.11 Å². The Morgan fingerprint density at radius 3 is 2.29 bits per heavy atom. The van der Waals surface area contributed by atoms with Crippen LogP contribution < -0.4 is 5.73 Å².